The van der Waals surface area contributed by atoms with Gasteiger partial charge >= 0.3 is 6.03 Å². The van der Waals surface area contributed by atoms with Crippen LogP contribution in [0, 0.1) is 0 Å². The molecule has 7 heteroatoms. The predicted molar refractivity (Wildman–Crippen MR) is 139 cm³/mol. The molecule has 1 saturated heterocycles. The topological polar surface area (TPSA) is 71.1 Å². The van der Waals surface area contributed by atoms with E-state index >= 15 is 0 Å². The van der Waals surface area contributed by atoms with Crippen molar-refractivity contribution in [3.05, 3.63) is 95.6 Å². The lowest BCUT2D eigenvalue weighted by atomic mass is 9.84. The summed E-state index contributed by atoms with van der Waals surface area (Å²) in [4.78, 5) is 30.2. The van der Waals surface area contributed by atoms with Crippen molar-refractivity contribution < 1.29 is 19.1 Å². The number of rotatable bonds is 11. The maximum Gasteiger partial charge on any atom is 0.326 e. The highest BCUT2D eigenvalue weighted by Gasteiger charge is 2.51. The maximum absolute atomic E-state index is 13.8. The Kier molecular flexibility index (Phi) is 7.90. The van der Waals surface area contributed by atoms with E-state index in [2.05, 4.69) is 5.32 Å². The zero-order valence-electron chi connectivity index (χ0n) is 21.1. The van der Waals surface area contributed by atoms with Gasteiger partial charge in [-0.3, -0.25) is 9.69 Å². The van der Waals surface area contributed by atoms with Gasteiger partial charge in [0.25, 0.3) is 5.91 Å². The monoisotopic (exact) mass is 487 g/mol. The van der Waals surface area contributed by atoms with E-state index in [0.717, 1.165) is 23.1 Å². The van der Waals surface area contributed by atoms with Gasteiger partial charge in [0, 0.05) is 19.4 Å². The zero-order chi connectivity index (χ0) is 25.5. The summed E-state index contributed by atoms with van der Waals surface area (Å²) in [6.07, 6.45) is 1.60. The quantitative estimate of drug-likeness (QED) is 0.415. The van der Waals surface area contributed by atoms with Crippen LogP contribution in [0.1, 0.15) is 16.7 Å². The number of methoxy groups -OCH3 is 2. The lowest BCUT2D eigenvalue weighted by Crippen LogP contribution is -2.51. The summed E-state index contributed by atoms with van der Waals surface area (Å²) >= 11 is 0. The number of nitrogens with zero attached hydrogens (tertiary/aromatic N) is 2. The Balaban J connectivity index is 1.47. The Morgan fingerprint density at radius 3 is 1.94 bits per heavy atom. The minimum Gasteiger partial charge on any atom is -0.493 e. The second-order valence-corrected chi connectivity index (χ2v) is 9.23. The summed E-state index contributed by atoms with van der Waals surface area (Å²) in [5.41, 5.74) is 2.07. The van der Waals surface area contributed by atoms with Gasteiger partial charge in [-0.1, -0.05) is 66.7 Å². The molecule has 0 aromatic heterocycles. The summed E-state index contributed by atoms with van der Waals surface area (Å²) in [5.74, 6) is 1.17. The van der Waals surface area contributed by atoms with Crippen LogP contribution in [-0.2, 0) is 24.1 Å². The number of carbonyl (C=O) groups excluding carboxylic acids is 2. The molecular weight excluding hydrogens is 454 g/mol. The van der Waals surface area contributed by atoms with E-state index in [1.165, 1.54) is 4.90 Å². The SMILES string of the molecule is COc1ccc(CCN(C)CN2C(=O)NC(Cc3ccccc3)(Cc3ccccc3)C2=O)cc1OC. The van der Waals surface area contributed by atoms with Gasteiger partial charge in [0.15, 0.2) is 11.5 Å². The molecule has 0 spiro atoms. The summed E-state index contributed by atoms with van der Waals surface area (Å²) in [6, 6.07) is 25.1. The van der Waals surface area contributed by atoms with Gasteiger partial charge in [0.05, 0.1) is 20.9 Å². The number of amides is 3. The molecule has 0 saturated carbocycles. The van der Waals surface area contributed by atoms with Gasteiger partial charge in [-0.05, 0) is 42.3 Å². The van der Waals surface area contributed by atoms with Crippen molar-refractivity contribution in [1.29, 1.82) is 0 Å². The number of carbonyl (C=O) groups is 2. The highest BCUT2D eigenvalue weighted by Crippen LogP contribution is 2.29. The first kappa shape index (κ1) is 25.3. The molecule has 0 radical (unpaired) electrons. The van der Waals surface area contributed by atoms with Gasteiger partial charge < -0.3 is 14.8 Å². The molecule has 0 aliphatic carbocycles. The van der Waals surface area contributed by atoms with Crippen LogP contribution in [0.3, 0.4) is 0 Å². The van der Waals surface area contributed by atoms with Crippen LogP contribution in [-0.4, -0.2) is 61.8 Å². The minimum absolute atomic E-state index is 0.196. The number of likely N-dealkylation sites (N-methyl/N-ethyl adjacent to an activating group) is 1. The Morgan fingerprint density at radius 2 is 1.39 bits per heavy atom. The number of hydrogen-bond acceptors (Lipinski definition) is 5. The van der Waals surface area contributed by atoms with Crippen molar-refractivity contribution in [2.24, 2.45) is 0 Å². The van der Waals surface area contributed by atoms with Crippen LogP contribution in [0.15, 0.2) is 78.9 Å². The molecule has 188 valence electrons. The van der Waals surface area contributed by atoms with Gasteiger partial charge in [-0.25, -0.2) is 9.69 Å². The predicted octanol–water partition coefficient (Wildman–Crippen LogP) is 3.91. The summed E-state index contributed by atoms with van der Waals surface area (Å²) in [6.45, 7) is 0.875. The highest BCUT2D eigenvalue weighted by atomic mass is 16.5. The summed E-state index contributed by atoms with van der Waals surface area (Å²) in [7, 11) is 5.14. The van der Waals surface area contributed by atoms with E-state index in [4.69, 9.17) is 9.47 Å². The van der Waals surface area contributed by atoms with E-state index < -0.39 is 5.54 Å². The normalized spacial score (nSPS) is 14.7. The van der Waals surface area contributed by atoms with Crippen LogP contribution in [0.2, 0.25) is 0 Å². The molecule has 0 atom stereocenters. The molecule has 3 aromatic rings. The molecule has 0 bridgehead atoms. The number of hydrogen-bond donors (Lipinski definition) is 1. The molecule has 3 aromatic carbocycles. The Morgan fingerprint density at radius 1 is 0.806 bits per heavy atom. The second-order valence-electron chi connectivity index (χ2n) is 9.23. The van der Waals surface area contributed by atoms with E-state index in [1.54, 1.807) is 14.2 Å². The third kappa shape index (κ3) is 5.69. The first-order valence-corrected chi connectivity index (χ1v) is 12.1. The van der Waals surface area contributed by atoms with Crippen LogP contribution in [0.4, 0.5) is 4.79 Å². The third-order valence-corrected chi connectivity index (χ3v) is 6.56. The van der Waals surface area contributed by atoms with Crippen LogP contribution in [0.25, 0.3) is 0 Å². The molecule has 1 aliphatic heterocycles. The van der Waals surface area contributed by atoms with Crippen LogP contribution < -0.4 is 14.8 Å². The van der Waals surface area contributed by atoms with Crippen molar-refractivity contribution in [3.8, 4) is 11.5 Å². The van der Waals surface area contributed by atoms with E-state index in [0.29, 0.717) is 30.9 Å². The first-order valence-electron chi connectivity index (χ1n) is 12.1. The lowest BCUT2D eigenvalue weighted by molar-refractivity contribution is -0.132. The molecule has 4 rings (SSSR count). The number of benzene rings is 3. The van der Waals surface area contributed by atoms with Gasteiger partial charge in [-0.15, -0.1) is 0 Å². The standard InChI is InChI=1S/C29H33N3O4/c1-31(17-16-22-14-15-25(35-2)26(18-22)36-3)21-32-27(33)29(30-28(32)34,19-23-10-6-4-7-11-23)20-24-12-8-5-9-13-24/h4-15,18H,16-17,19-21H2,1-3H3,(H,30,34). The van der Waals surface area contributed by atoms with Crippen molar-refractivity contribution in [2.75, 3.05) is 34.5 Å². The van der Waals surface area contributed by atoms with Gasteiger partial charge in [0.2, 0.25) is 0 Å². The number of urea groups is 1. The fourth-order valence-corrected chi connectivity index (χ4v) is 4.66. The Hall–Kier alpha value is -3.84. The minimum atomic E-state index is -1.02. The largest absolute Gasteiger partial charge is 0.493 e. The van der Waals surface area contributed by atoms with Crippen molar-refractivity contribution in [3.63, 3.8) is 0 Å². The molecule has 1 aliphatic rings. The molecular formula is C29H33N3O4. The second kappa shape index (κ2) is 11.3. The van der Waals surface area contributed by atoms with Crippen molar-refractivity contribution in [2.45, 2.75) is 24.8 Å². The fourth-order valence-electron chi connectivity index (χ4n) is 4.66. The zero-order valence-corrected chi connectivity index (χ0v) is 21.1. The highest BCUT2D eigenvalue weighted by molar-refractivity contribution is 6.07. The third-order valence-electron chi connectivity index (χ3n) is 6.56. The molecule has 3 amide bonds. The van der Waals surface area contributed by atoms with Crippen molar-refractivity contribution >= 4 is 11.9 Å². The van der Waals surface area contributed by atoms with Crippen LogP contribution >= 0.6 is 0 Å². The number of ether oxygens (including phenoxy) is 2. The molecule has 0 unspecified atom stereocenters. The smallest absolute Gasteiger partial charge is 0.326 e. The number of nitrogens with one attached hydrogen (secondary N) is 1. The molecule has 1 N–H and O–H groups in total. The summed E-state index contributed by atoms with van der Waals surface area (Å²) in [5, 5.41) is 3.05. The molecule has 7 nitrogen and oxygen atoms in total. The first-order chi connectivity index (χ1) is 17.4. The Bertz CT molecular complexity index is 1140. The van der Waals surface area contributed by atoms with E-state index in [-0.39, 0.29) is 18.6 Å². The molecule has 1 heterocycles. The maximum atomic E-state index is 13.8. The Labute approximate surface area is 212 Å². The number of imide groups is 1. The van der Waals surface area contributed by atoms with E-state index in [9.17, 15) is 9.59 Å². The molecule has 36 heavy (non-hydrogen) atoms. The molecule has 1 fully saturated rings. The average Bonchev–Trinajstić information content (AvgIpc) is 3.12. The van der Waals surface area contributed by atoms with Crippen molar-refractivity contribution in [1.82, 2.24) is 15.1 Å². The average molecular weight is 488 g/mol. The van der Waals surface area contributed by atoms with E-state index in [1.807, 2.05) is 90.8 Å². The van der Waals surface area contributed by atoms with Crippen LogP contribution in [0.5, 0.6) is 11.5 Å². The van der Waals surface area contributed by atoms with Gasteiger partial charge in [0.1, 0.15) is 5.54 Å². The lowest BCUT2D eigenvalue weighted by Gasteiger charge is -2.28. The fraction of sp³-hybridized carbons (Fsp3) is 0.310. The van der Waals surface area contributed by atoms with Gasteiger partial charge in [-0.2, -0.15) is 0 Å². The summed E-state index contributed by atoms with van der Waals surface area (Å²) < 4.78 is 10.7.